The SMILES string of the molecule is CN[C@@H](C)C(=O)N[C@H](C(=O)NC(=O)[C@@H]1CCCN1)C(C)(C)Cc1cc2c(Nc3ccc(Cl)c(Cl)c3F)ncnc2cc1OC. The minimum absolute atomic E-state index is 0.0663. The molecule has 1 aliphatic rings. The standard InChI is InChI=1S/C30H36Cl2FN7O4/c1-15(34-4)27(41)39-25(29(43)40-28(42)20-7-6-10-35-20)30(2,3)13-16-11-17-21(12-22(16)44-5)36-14-37-26(17)38-19-9-8-18(31)23(32)24(19)33/h8-9,11-12,14-15,20,25,34-35H,6-7,10,13H2,1-5H3,(H,39,41)(H,36,37,38)(H,40,42,43)/t15-,20-,25+/m0/s1. The highest BCUT2D eigenvalue weighted by Gasteiger charge is 2.39. The first kappa shape index (κ1) is 33.3. The number of nitrogens with zero attached hydrogens (tertiary/aromatic N) is 2. The summed E-state index contributed by atoms with van der Waals surface area (Å²) in [5.74, 6) is -1.41. The van der Waals surface area contributed by atoms with Gasteiger partial charge in [0.2, 0.25) is 17.7 Å². The molecule has 0 bridgehead atoms. The number of likely N-dealkylation sites (N-methyl/N-ethyl adjacent to an activating group) is 1. The molecule has 0 radical (unpaired) electrons. The maximum Gasteiger partial charge on any atom is 0.249 e. The smallest absolute Gasteiger partial charge is 0.249 e. The zero-order valence-electron chi connectivity index (χ0n) is 25.1. The molecule has 0 unspecified atom stereocenters. The number of carbonyl (C=O) groups excluding carboxylic acids is 3. The van der Waals surface area contributed by atoms with Gasteiger partial charge in [-0.3, -0.25) is 19.7 Å². The molecular weight excluding hydrogens is 612 g/mol. The van der Waals surface area contributed by atoms with E-state index in [4.69, 9.17) is 27.9 Å². The Labute approximate surface area is 265 Å². The molecule has 3 amide bonds. The maximum atomic E-state index is 14.9. The van der Waals surface area contributed by atoms with E-state index >= 15 is 0 Å². The normalized spacial score (nSPS) is 16.3. The number of methoxy groups -OCH3 is 1. The van der Waals surface area contributed by atoms with Gasteiger partial charge in [0.25, 0.3) is 0 Å². The highest BCUT2D eigenvalue weighted by molar-refractivity contribution is 6.42. The van der Waals surface area contributed by atoms with Gasteiger partial charge in [-0.15, -0.1) is 0 Å². The lowest BCUT2D eigenvalue weighted by molar-refractivity contribution is -0.137. The van der Waals surface area contributed by atoms with Crippen molar-refractivity contribution < 1.29 is 23.5 Å². The van der Waals surface area contributed by atoms with Gasteiger partial charge in [-0.1, -0.05) is 37.0 Å². The van der Waals surface area contributed by atoms with Crippen LogP contribution in [0.4, 0.5) is 15.9 Å². The predicted molar refractivity (Wildman–Crippen MR) is 168 cm³/mol. The van der Waals surface area contributed by atoms with Crippen LogP contribution in [0.1, 0.15) is 39.2 Å². The Morgan fingerprint density at radius 2 is 1.93 bits per heavy atom. The Bertz CT molecular complexity index is 1570. The number of anilines is 2. The van der Waals surface area contributed by atoms with Gasteiger partial charge in [0, 0.05) is 11.5 Å². The molecule has 1 aliphatic heterocycles. The van der Waals surface area contributed by atoms with Gasteiger partial charge < -0.3 is 26.0 Å². The van der Waals surface area contributed by atoms with Gasteiger partial charge in [0.15, 0.2) is 5.82 Å². The van der Waals surface area contributed by atoms with E-state index in [1.807, 2.05) is 13.8 Å². The van der Waals surface area contributed by atoms with Crippen LogP contribution in [-0.4, -0.2) is 66.5 Å². The van der Waals surface area contributed by atoms with Crippen molar-refractivity contribution >= 4 is 63.3 Å². The fourth-order valence-corrected chi connectivity index (χ4v) is 5.41. The molecule has 4 rings (SSSR count). The van der Waals surface area contributed by atoms with Gasteiger partial charge in [-0.2, -0.15) is 0 Å². The van der Waals surface area contributed by atoms with Crippen molar-refractivity contribution in [1.82, 2.24) is 31.2 Å². The van der Waals surface area contributed by atoms with E-state index < -0.39 is 47.1 Å². The van der Waals surface area contributed by atoms with Crippen molar-refractivity contribution in [1.29, 1.82) is 0 Å². The summed E-state index contributed by atoms with van der Waals surface area (Å²) in [5.41, 5.74) is 0.310. The first-order valence-electron chi connectivity index (χ1n) is 14.1. The summed E-state index contributed by atoms with van der Waals surface area (Å²) in [6.07, 6.45) is 3.01. The quantitative estimate of drug-likeness (QED) is 0.196. The first-order valence-corrected chi connectivity index (χ1v) is 14.9. The number of imide groups is 1. The third-order valence-electron chi connectivity index (χ3n) is 7.75. The average molecular weight is 649 g/mol. The maximum absolute atomic E-state index is 14.9. The average Bonchev–Trinajstić information content (AvgIpc) is 3.54. The zero-order chi connectivity index (χ0) is 32.2. The molecule has 0 spiro atoms. The van der Waals surface area contributed by atoms with Gasteiger partial charge in [0.1, 0.15) is 23.9 Å². The number of halogens is 3. The molecule has 14 heteroatoms. The molecule has 3 aromatic rings. The van der Waals surface area contributed by atoms with Gasteiger partial charge >= 0.3 is 0 Å². The number of amides is 3. The second-order valence-electron chi connectivity index (χ2n) is 11.4. The highest BCUT2D eigenvalue weighted by Crippen LogP contribution is 2.37. The molecule has 44 heavy (non-hydrogen) atoms. The van der Waals surface area contributed by atoms with Crippen LogP contribution in [0.25, 0.3) is 10.9 Å². The molecule has 236 valence electrons. The van der Waals surface area contributed by atoms with Crippen molar-refractivity contribution in [3.8, 4) is 5.75 Å². The summed E-state index contributed by atoms with van der Waals surface area (Å²) in [5, 5.41) is 14.6. The van der Waals surface area contributed by atoms with Crippen molar-refractivity contribution in [2.24, 2.45) is 5.41 Å². The minimum atomic E-state index is -1.09. The molecular formula is C30H36Cl2FN7O4. The summed E-state index contributed by atoms with van der Waals surface area (Å²) in [6.45, 7) is 5.99. The summed E-state index contributed by atoms with van der Waals surface area (Å²) in [6, 6.07) is 4.27. The van der Waals surface area contributed by atoms with E-state index in [1.54, 1.807) is 26.1 Å². The second-order valence-corrected chi connectivity index (χ2v) is 12.2. The largest absolute Gasteiger partial charge is 0.496 e. The minimum Gasteiger partial charge on any atom is -0.496 e. The van der Waals surface area contributed by atoms with Crippen LogP contribution in [-0.2, 0) is 20.8 Å². The van der Waals surface area contributed by atoms with E-state index in [2.05, 4.69) is 36.6 Å². The molecule has 0 aliphatic carbocycles. The molecule has 1 fully saturated rings. The van der Waals surface area contributed by atoms with Crippen LogP contribution in [0.5, 0.6) is 5.75 Å². The Balaban J connectivity index is 1.70. The summed E-state index contributed by atoms with van der Waals surface area (Å²) < 4.78 is 20.5. The fraction of sp³-hybridized carbons (Fsp3) is 0.433. The molecule has 3 atom stereocenters. The fourth-order valence-electron chi connectivity index (χ4n) is 5.10. The van der Waals surface area contributed by atoms with Crippen LogP contribution in [0.3, 0.4) is 0 Å². The molecule has 11 nitrogen and oxygen atoms in total. The Kier molecular flexibility index (Phi) is 10.6. The van der Waals surface area contributed by atoms with E-state index in [9.17, 15) is 18.8 Å². The second kappa shape index (κ2) is 14.0. The van der Waals surface area contributed by atoms with Crippen molar-refractivity contribution in [3.63, 3.8) is 0 Å². The molecule has 0 saturated carbocycles. The number of ether oxygens (including phenoxy) is 1. The van der Waals surface area contributed by atoms with Crippen LogP contribution in [0.2, 0.25) is 10.0 Å². The predicted octanol–water partition coefficient (Wildman–Crippen LogP) is 3.88. The van der Waals surface area contributed by atoms with Crippen LogP contribution in [0, 0.1) is 11.2 Å². The van der Waals surface area contributed by atoms with Crippen LogP contribution in [0.15, 0.2) is 30.6 Å². The highest BCUT2D eigenvalue weighted by atomic mass is 35.5. The molecule has 2 heterocycles. The lowest BCUT2D eigenvalue weighted by Gasteiger charge is -2.35. The Morgan fingerprint density at radius 1 is 1.18 bits per heavy atom. The third-order valence-corrected chi connectivity index (χ3v) is 8.53. The molecule has 2 aromatic carbocycles. The van der Waals surface area contributed by atoms with E-state index in [-0.39, 0.29) is 22.2 Å². The number of hydrogen-bond donors (Lipinski definition) is 5. The van der Waals surface area contributed by atoms with Crippen LogP contribution >= 0.6 is 23.2 Å². The summed E-state index contributed by atoms with van der Waals surface area (Å²) in [7, 11) is 3.15. The third kappa shape index (κ3) is 7.37. The number of benzene rings is 2. The van der Waals surface area contributed by atoms with Crippen molar-refractivity contribution in [2.75, 3.05) is 26.0 Å². The first-order chi connectivity index (χ1) is 20.9. The number of carbonyl (C=O) groups is 3. The van der Waals surface area contributed by atoms with Gasteiger partial charge in [-0.05, 0) is 69.0 Å². The van der Waals surface area contributed by atoms with E-state index in [1.165, 1.54) is 25.6 Å². The van der Waals surface area contributed by atoms with Crippen molar-refractivity contribution in [3.05, 3.63) is 52.0 Å². The molecule has 1 aromatic heterocycles. The molecule has 1 saturated heterocycles. The molecule has 5 N–H and O–H groups in total. The van der Waals surface area contributed by atoms with E-state index in [0.29, 0.717) is 41.0 Å². The van der Waals surface area contributed by atoms with Crippen LogP contribution < -0.4 is 31.3 Å². The Hall–Kier alpha value is -3.58. The van der Waals surface area contributed by atoms with Gasteiger partial charge in [-0.25, -0.2) is 14.4 Å². The number of hydrogen-bond acceptors (Lipinski definition) is 9. The lowest BCUT2D eigenvalue weighted by atomic mass is 9.77. The Morgan fingerprint density at radius 3 is 2.59 bits per heavy atom. The number of rotatable bonds is 11. The van der Waals surface area contributed by atoms with E-state index in [0.717, 1.165) is 6.42 Å². The monoisotopic (exact) mass is 647 g/mol. The number of aromatic nitrogens is 2. The number of fused-ring (bicyclic) bond motifs is 1. The van der Waals surface area contributed by atoms with Crippen molar-refractivity contribution in [2.45, 2.75) is 58.2 Å². The number of nitrogens with one attached hydrogen (secondary N) is 5. The summed E-state index contributed by atoms with van der Waals surface area (Å²) in [4.78, 5) is 48.0. The topological polar surface area (TPSA) is 146 Å². The lowest BCUT2D eigenvalue weighted by Crippen LogP contribution is -2.59. The van der Waals surface area contributed by atoms with Gasteiger partial charge in [0.05, 0.1) is 40.4 Å². The summed E-state index contributed by atoms with van der Waals surface area (Å²) >= 11 is 12.0. The zero-order valence-corrected chi connectivity index (χ0v) is 26.6.